The number of nitrogens with one attached hydrogen (secondary N) is 1. The van der Waals surface area contributed by atoms with Gasteiger partial charge in [0.2, 0.25) is 0 Å². The first-order valence-electron chi connectivity index (χ1n) is 5.23. The molecule has 1 aliphatic rings. The van der Waals surface area contributed by atoms with E-state index in [9.17, 15) is 0 Å². The smallest absolute Gasteiger partial charge is 0.0931 e. The highest BCUT2D eigenvalue weighted by Gasteiger charge is 2.22. The lowest BCUT2D eigenvalue weighted by Gasteiger charge is -2.27. The van der Waals surface area contributed by atoms with Crippen LogP contribution in [0.25, 0.3) is 0 Å². The molecule has 78 valence electrons. The molecule has 0 bridgehead atoms. The molecule has 1 aromatic rings. The van der Waals surface area contributed by atoms with Crippen molar-refractivity contribution >= 4 is 22.9 Å². The minimum absolute atomic E-state index is 0.676. The van der Waals surface area contributed by atoms with Gasteiger partial charge in [-0.2, -0.15) is 0 Å². The molecule has 3 heteroatoms. The number of piperidine rings is 1. The van der Waals surface area contributed by atoms with Crippen molar-refractivity contribution < 1.29 is 0 Å². The molecule has 14 heavy (non-hydrogen) atoms. The molecule has 2 rings (SSSR count). The lowest BCUT2D eigenvalue weighted by atomic mass is 9.85. The summed E-state index contributed by atoms with van der Waals surface area (Å²) in [5, 5.41) is 3.40. The largest absolute Gasteiger partial charge is 0.317 e. The van der Waals surface area contributed by atoms with E-state index >= 15 is 0 Å². The van der Waals surface area contributed by atoms with E-state index in [4.69, 9.17) is 11.6 Å². The van der Waals surface area contributed by atoms with Crippen molar-refractivity contribution in [2.45, 2.75) is 25.7 Å². The van der Waals surface area contributed by atoms with Gasteiger partial charge < -0.3 is 5.32 Å². The third-order valence-electron chi connectivity index (χ3n) is 3.13. The molecule has 1 saturated heterocycles. The molecule has 0 aromatic carbocycles. The summed E-state index contributed by atoms with van der Waals surface area (Å²) in [6.45, 7) is 4.68. The third-order valence-corrected chi connectivity index (χ3v) is 4.57. The Morgan fingerprint density at radius 2 is 2.14 bits per heavy atom. The van der Waals surface area contributed by atoms with E-state index in [-0.39, 0.29) is 0 Å². The van der Waals surface area contributed by atoms with E-state index in [0.29, 0.717) is 5.92 Å². The zero-order chi connectivity index (χ0) is 9.97. The van der Waals surface area contributed by atoms with Crippen LogP contribution >= 0.6 is 22.9 Å². The van der Waals surface area contributed by atoms with Gasteiger partial charge in [-0.25, -0.2) is 0 Å². The second-order valence-electron chi connectivity index (χ2n) is 4.02. The summed E-state index contributed by atoms with van der Waals surface area (Å²) in [7, 11) is 0. The van der Waals surface area contributed by atoms with Crippen LogP contribution in [-0.2, 0) is 0 Å². The minimum Gasteiger partial charge on any atom is -0.317 e. The topological polar surface area (TPSA) is 12.0 Å². The normalized spacial score (nSPS) is 21.0. The second kappa shape index (κ2) is 4.65. The Balaban J connectivity index is 2.03. The molecule has 0 amide bonds. The van der Waals surface area contributed by atoms with Crippen LogP contribution in [-0.4, -0.2) is 13.1 Å². The molecule has 1 atom stereocenters. The van der Waals surface area contributed by atoms with Gasteiger partial charge in [0.15, 0.2) is 0 Å². The van der Waals surface area contributed by atoms with Gasteiger partial charge in [-0.05, 0) is 49.9 Å². The fraction of sp³-hybridized carbons (Fsp3) is 0.636. The number of thiophene rings is 1. The van der Waals surface area contributed by atoms with Gasteiger partial charge in [-0.15, -0.1) is 11.3 Å². The lowest BCUT2D eigenvalue weighted by molar-refractivity contribution is 0.333. The highest BCUT2D eigenvalue weighted by atomic mass is 35.5. The standard InChI is InChI=1S/C11H16ClNS/c1-8(9-4-6-13-7-5-9)10-2-3-11(12)14-10/h2-3,8-9,13H,4-7H2,1H3. The predicted molar refractivity (Wildman–Crippen MR) is 63.3 cm³/mol. The van der Waals surface area contributed by atoms with Crippen LogP contribution in [0.1, 0.15) is 30.6 Å². The minimum atomic E-state index is 0.676. The first kappa shape index (κ1) is 10.5. The second-order valence-corrected chi connectivity index (χ2v) is 5.76. The van der Waals surface area contributed by atoms with Crippen LogP contribution in [0.15, 0.2) is 12.1 Å². The van der Waals surface area contributed by atoms with Gasteiger partial charge >= 0.3 is 0 Å². The maximum Gasteiger partial charge on any atom is 0.0931 e. The van der Waals surface area contributed by atoms with Crippen LogP contribution in [0, 0.1) is 5.92 Å². The van der Waals surface area contributed by atoms with E-state index in [0.717, 1.165) is 10.3 Å². The van der Waals surface area contributed by atoms with Crippen LogP contribution in [0.5, 0.6) is 0 Å². The van der Waals surface area contributed by atoms with Gasteiger partial charge in [0, 0.05) is 4.88 Å². The van der Waals surface area contributed by atoms with Gasteiger partial charge in [-0.3, -0.25) is 0 Å². The van der Waals surface area contributed by atoms with Gasteiger partial charge in [0.05, 0.1) is 4.34 Å². The van der Waals surface area contributed by atoms with Crippen LogP contribution in [0.4, 0.5) is 0 Å². The van der Waals surface area contributed by atoms with Crippen molar-refractivity contribution in [3.05, 3.63) is 21.3 Å². The summed E-state index contributed by atoms with van der Waals surface area (Å²) < 4.78 is 0.917. The first-order chi connectivity index (χ1) is 6.77. The SMILES string of the molecule is CC(c1ccc(Cl)s1)C1CCNCC1. The Hall–Kier alpha value is -0.0500. The molecule has 1 N–H and O–H groups in total. The molecular weight excluding hydrogens is 214 g/mol. The summed E-state index contributed by atoms with van der Waals surface area (Å²) in [4.78, 5) is 1.45. The summed E-state index contributed by atoms with van der Waals surface area (Å²) >= 11 is 7.68. The van der Waals surface area contributed by atoms with Crippen molar-refractivity contribution in [3.63, 3.8) is 0 Å². The molecule has 0 spiro atoms. The molecule has 0 saturated carbocycles. The zero-order valence-electron chi connectivity index (χ0n) is 8.42. The molecule has 1 aliphatic heterocycles. The Morgan fingerprint density at radius 3 is 2.71 bits per heavy atom. The zero-order valence-corrected chi connectivity index (χ0v) is 10.00. The molecule has 0 radical (unpaired) electrons. The molecule has 2 heterocycles. The summed E-state index contributed by atoms with van der Waals surface area (Å²) in [5.74, 6) is 1.51. The average molecular weight is 230 g/mol. The fourth-order valence-corrected chi connectivity index (χ4v) is 3.36. The van der Waals surface area contributed by atoms with E-state index in [1.807, 2.05) is 6.07 Å². The number of halogens is 1. The van der Waals surface area contributed by atoms with Gasteiger partial charge in [0.1, 0.15) is 0 Å². The average Bonchev–Trinajstić information content (AvgIpc) is 2.65. The highest BCUT2D eigenvalue weighted by molar-refractivity contribution is 7.16. The molecule has 1 unspecified atom stereocenters. The lowest BCUT2D eigenvalue weighted by Crippen LogP contribution is -2.29. The fourth-order valence-electron chi connectivity index (χ4n) is 2.15. The summed E-state index contributed by atoms with van der Waals surface area (Å²) in [6, 6.07) is 4.19. The molecule has 1 nitrogen and oxygen atoms in total. The molecular formula is C11H16ClNS. The van der Waals surface area contributed by atoms with E-state index < -0.39 is 0 Å². The Kier molecular flexibility index (Phi) is 3.47. The van der Waals surface area contributed by atoms with Crippen molar-refractivity contribution in [1.82, 2.24) is 5.32 Å². The quantitative estimate of drug-likeness (QED) is 0.819. The summed E-state index contributed by atoms with van der Waals surface area (Å²) in [6.07, 6.45) is 2.60. The van der Waals surface area contributed by atoms with Crippen molar-refractivity contribution in [2.75, 3.05) is 13.1 Å². The van der Waals surface area contributed by atoms with E-state index in [2.05, 4.69) is 18.3 Å². The summed E-state index contributed by atoms with van der Waals surface area (Å²) in [5.41, 5.74) is 0. The van der Waals surface area contributed by atoms with Crippen LogP contribution in [0.2, 0.25) is 4.34 Å². The third kappa shape index (κ3) is 2.30. The van der Waals surface area contributed by atoms with Crippen molar-refractivity contribution in [1.29, 1.82) is 0 Å². The Morgan fingerprint density at radius 1 is 1.43 bits per heavy atom. The number of hydrogen-bond acceptors (Lipinski definition) is 2. The van der Waals surface area contributed by atoms with E-state index in [1.165, 1.54) is 30.8 Å². The molecule has 1 fully saturated rings. The van der Waals surface area contributed by atoms with Gasteiger partial charge in [-0.1, -0.05) is 18.5 Å². The monoisotopic (exact) mass is 229 g/mol. The maximum atomic E-state index is 5.95. The Bertz CT molecular complexity index is 291. The van der Waals surface area contributed by atoms with E-state index in [1.54, 1.807) is 11.3 Å². The predicted octanol–water partition coefficient (Wildman–Crippen LogP) is 3.50. The number of rotatable bonds is 2. The molecule has 0 aliphatic carbocycles. The van der Waals surface area contributed by atoms with Crippen LogP contribution < -0.4 is 5.32 Å². The Labute approximate surface area is 94.5 Å². The van der Waals surface area contributed by atoms with Crippen molar-refractivity contribution in [2.24, 2.45) is 5.92 Å². The maximum absolute atomic E-state index is 5.95. The molecule has 1 aromatic heterocycles. The van der Waals surface area contributed by atoms with Gasteiger partial charge in [0.25, 0.3) is 0 Å². The number of hydrogen-bond donors (Lipinski definition) is 1. The first-order valence-corrected chi connectivity index (χ1v) is 6.43. The van der Waals surface area contributed by atoms with Crippen molar-refractivity contribution in [3.8, 4) is 0 Å². The van der Waals surface area contributed by atoms with Crippen LogP contribution in [0.3, 0.4) is 0 Å². The highest BCUT2D eigenvalue weighted by Crippen LogP contribution is 2.35.